The van der Waals surface area contributed by atoms with Crippen LogP contribution in [-0.2, 0) is 9.59 Å². The van der Waals surface area contributed by atoms with Crippen LogP contribution < -0.4 is 0 Å². The van der Waals surface area contributed by atoms with Gasteiger partial charge in [-0.3, -0.25) is 4.79 Å². The molecule has 3 N–H and O–H groups in total. The third-order valence-electron chi connectivity index (χ3n) is 2.06. The van der Waals surface area contributed by atoms with Gasteiger partial charge in [0.25, 0.3) is 0 Å². The first-order valence-corrected chi connectivity index (χ1v) is 6.22. The molecule has 0 aromatic heterocycles. The zero-order chi connectivity index (χ0) is 14.6. The van der Waals surface area contributed by atoms with Gasteiger partial charge in [-0.15, -0.1) is 18.2 Å². The number of halogens is 1. The molecule has 0 spiro atoms. The maximum absolute atomic E-state index is 10.4. The summed E-state index contributed by atoms with van der Waals surface area (Å²) in [6.07, 6.45) is 3.79. The number of carboxylic acid groups (broad SMARTS) is 2. The molecule has 0 heterocycles. The summed E-state index contributed by atoms with van der Waals surface area (Å²) in [4.78, 5) is 20.5. The smallest absolute Gasteiger partial charge is 0.336 e. The second kappa shape index (κ2) is 11.0. The molecule has 106 valence electrons. The summed E-state index contributed by atoms with van der Waals surface area (Å²) >= 11 is 5.38. The Morgan fingerprint density at radius 1 is 1.33 bits per heavy atom. The minimum atomic E-state index is -2.23. The van der Waals surface area contributed by atoms with Crippen LogP contribution in [0.3, 0.4) is 0 Å². The lowest BCUT2D eigenvalue weighted by Gasteiger charge is -2.18. The summed E-state index contributed by atoms with van der Waals surface area (Å²) in [5.41, 5.74) is -2.23. The highest BCUT2D eigenvalue weighted by Crippen LogP contribution is 2.15. The van der Waals surface area contributed by atoms with Gasteiger partial charge in [0.1, 0.15) is 0 Å². The molecule has 0 aliphatic carbocycles. The summed E-state index contributed by atoms with van der Waals surface area (Å²) in [7, 11) is 0. The summed E-state index contributed by atoms with van der Waals surface area (Å²) in [5, 5.41) is 25.9. The highest BCUT2D eigenvalue weighted by Gasteiger charge is 2.36. The van der Waals surface area contributed by atoms with E-state index in [1.54, 1.807) is 0 Å². The predicted octanol–water partition coefficient (Wildman–Crippen LogP) is 2.27. The van der Waals surface area contributed by atoms with E-state index in [4.69, 9.17) is 21.8 Å². The van der Waals surface area contributed by atoms with E-state index in [9.17, 15) is 14.7 Å². The Bertz CT molecular complexity index is 263. The lowest BCUT2D eigenvalue weighted by atomic mass is 9.96. The van der Waals surface area contributed by atoms with Gasteiger partial charge in [-0.2, -0.15) is 0 Å². The molecule has 1 unspecified atom stereocenters. The number of alkyl halides is 1. The van der Waals surface area contributed by atoms with E-state index in [-0.39, 0.29) is 6.42 Å². The van der Waals surface area contributed by atoms with Crippen molar-refractivity contribution >= 4 is 23.5 Å². The first-order valence-electron chi connectivity index (χ1n) is 5.68. The number of carbonyl (C=O) groups is 2. The van der Waals surface area contributed by atoms with E-state index < -0.39 is 24.0 Å². The first kappa shape index (κ1) is 19.3. The number of aliphatic carboxylic acids is 2. The van der Waals surface area contributed by atoms with Gasteiger partial charge in [-0.25, -0.2) is 4.79 Å². The molecule has 18 heavy (non-hydrogen) atoms. The van der Waals surface area contributed by atoms with Crippen molar-refractivity contribution in [3.8, 4) is 0 Å². The topological polar surface area (TPSA) is 94.8 Å². The monoisotopic (exact) mass is 280 g/mol. The van der Waals surface area contributed by atoms with E-state index >= 15 is 0 Å². The van der Waals surface area contributed by atoms with Crippen molar-refractivity contribution in [1.82, 2.24) is 0 Å². The van der Waals surface area contributed by atoms with Crippen LogP contribution in [0, 0.1) is 0 Å². The van der Waals surface area contributed by atoms with E-state index in [1.165, 1.54) is 19.3 Å². The Morgan fingerprint density at radius 3 is 2.11 bits per heavy atom. The first-order chi connectivity index (χ1) is 8.33. The van der Waals surface area contributed by atoms with Crippen molar-refractivity contribution in [1.29, 1.82) is 0 Å². The maximum atomic E-state index is 10.4. The molecule has 0 fully saturated rings. The summed E-state index contributed by atoms with van der Waals surface area (Å²) < 4.78 is 0. The van der Waals surface area contributed by atoms with Crippen LogP contribution in [0.15, 0.2) is 12.7 Å². The fraction of sp³-hybridized carbons (Fsp3) is 0.667. The maximum Gasteiger partial charge on any atom is 0.336 e. The summed E-state index contributed by atoms with van der Waals surface area (Å²) in [6.45, 7) is 5.39. The fourth-order valence-corrected chi connectivity index (χ4v) is 1.26. The number of aliphatic hydroxyl groups is 1. The molecule has 0 aliphatic rings. The summed E-state index contributed by atoms with van der Waals surface area (Å²) in [5.74, 6) is -2.08. The van der Waals surface area contributed by atoms with Crippen molar-refractivity contribution < 1.29 is 24.9 Å². The number of rotatable bonds is 8. The Labute approximate surface area is 112 Å². The molecular weight excluding hydrogens is 260 g/mol. The molecule has 0 bridgehead atoms. The van der Waals surface area contributed by atoms with E-state index in [1.807, 2.05) is 0 Å². The van der Waals surface area contributed by atoms with Gasteiger partial charge in [-0.05, 0) is 6.42 Å². The zero-order valence-corrected chi connectivity index (χ0v) is 11.3. The lowest BCUT2D eigenvalue weighted by Crippen LogP contribution is -2.40. The second-order valence-corrected chi connectivity index (χ2v) is 4.17. The number of hydrogen-bond acceptors (Lipinski definition) is 3. The normalized spacial score (nSPS) is 12.8. The van der Waals surface area contributed by atoms with Crippen molar-refractivity contribution in [2.45, 2.75) is 44.6 Å². The number of carboxylic acids is 2. The van der Waals surface area contributed by atoms with Crippen LogP contribution in [0.5, 0.6) is 0 Å². The van der Waals surface area contributed by atoms with Crippen molar-refractivity contribution in [2.24, 2.45) is 0 Å². The molecule has 5 nitrogen and oxygen atoms in total. The van der Waals surface area contributed by atoms with Crippen LogP contribution in [0.25, 0.3) is 0 Å². The Morgan fingerprint density at radius 2 is 1.89 bits per heavy atom. The molecule has 0 saturated heterocycles. The average molecular weight is 281 g/mol. The summed E-state index contributed by atoms with van der Waals surface area (Å²) in [6, 6.07) is 0. The van der Waals surface area contributed by atoms with Crippen molar-refractivity contribution in [2.75, 3.05) is 5.88 Å². The SMILES string of the molecule is C=CCC(O)(CC(=O)O)C(=O)O.CCCCCCl. The molecule has 0 aromatic carbocycles. The van der Waals surface area contributed by atoms with E-state index in [0.717, 1.165) is 12.0 Å². The molecule has 0 amide bonds. The largest absolute Gasteiger partial charge is 0.481 e. The van der Waals surface area contributed by atoms with E-state index in [2.05, 4.69) is 13.5 Å². The third-order valence-corrected chi connectivity index (χ3v) is 2.33. The minimum absolute atomic E-state index is 0.283. The third kappa shape index (κ3) is 10.1. The van der Waals surface area contributed by atoms with Crippen LogP contribution in [0.2, 0.25) is 0 Å². The van der Waals surface area contributed by atoms with Crippen molar-refractivity contribution in [3.63, 3.8) is 0 Å². The molecule has 0 aliphatic heterocycles. The Balaban J connectivity index is 0. The fourth-order valence-electron chi connectivity index (χ4n) is 1.07. The molecule has 0 radical (unpaired) electrons. The van der Waals surface area contributed by atoms with Gasteiger partial charge in [0.05, 0.1) is 6.42 Å². The van der Waals surface area contributed by atoms with Gasteiger partial charge in [0.2, 0.25) is 0 Å². The number of unbranched alkanes of at least 4 members (excludes halogenated alkanes) is 2. The Hall–Kier alpha value is -1.07. The predicted molar refractivity (Wildman–Crippen MR) is 69.9 cm³/mol. The van der Waals surface area contributed by atoms with E-state index in [0.29, 0.717) is 0 Å². The zero-order valence-electron chi connectivity index (χ0n) is 10.6. The van der Waals surface area contributed by atoms with Crippen molar-refractivity contribution in [3.05, 3.63) is 12.7 Å². The molecule has 0 saturated carbocycles. The standard InChI is InChI=1S/C7H10O5.C5H11Cl/c1-2-3-7(12,6(10)11)4-5(8)9;1-2-3-4-5-6/h2,12H,1,3-4H2,(H,8,9)(H,10,11);2-5H2,1H3. The molecule has 0 rings (SSSR count). The Kier molecular flexibility index (Phi) is 11.8. The van der Waals surface area contributed by atoms with Crippen LogP contribution in [0.4, 0.5) is 0 Å². The highest BCUT2D eigenvalue weighted by atomic mass is 35.5. The van der Waals surface area contributed by atoms with Gasteiger partial charge in [0, 0.05) is 12.3 Å². The number of hydrogen-bond donors (Lipinski definition) is 3. The highest BCUT2D eigenvalue weighted by molar-refractivity contribution is 6.17. The van der Waals surface area contributed by atoms with Crippen LogP contribution in [-0.4, -0.2) is 38.7 Å². The average Bonchev–Trinajstić information content (AvgIpc) is 2.26. The second-order valence-electron chi connectivity index (χ2n) is 3.80. The molecule has 0 aromatic rings. The van der Waals surface area contributed by atoms with Gasteiger partial charge >= 0.3 is 11.9 Å². The molecular formula is C12H21ClO5. The lowest BCUT2D eigenvalue weighted by molar-refractivity contribution is -0.164. The minimum Gasteiger partial charge on any atom is -0.481 e. The molecule has 1 atom stereocenters. The molecule has 6 heteroatoms. The van der Waals surface area contributed by atoms with Gasteiger partial charge in [0.15, 0.2) is 5.60 Å². The van der Waals surface area contributed by atoms with Gasteiger partial charge in [-0.1, -0.05) is 25.8 Å². The quantitative estimate of drug-likeness (QED) is 0.360. The van der Waals surface area contributed by atoms with Crippen LogP contribution in [0.1, 0.15) is 39.0 Å². The van der Waals surface area contributed by atoms with Gasteiger partial charge < -0.3 is 15.3 Å². The van der Waals surface area contributed by atoms with Crippen LogP contribution >= 0.6 is 11.6 Å².